The fourth-order valence-electron chi connectivity index (χ4n) is 3.54. The molecule has 0 aliphatic carbocycles. The van der Waals surface area contributed by atoms with Gasteiger partial charge >= 0.3 is 11.9 Å². The van der Waals surface area contributed by atoms with Crippen LogP contribution < -0.4 is 9.91 Å². The first kappa shape index (κ1) is 23.5. The van der Waals surface area contributed by atoms with Gasteiger partial charge in [-0.2, -0.15) is 5.10 Å². The lowest BCUT2D eigenvalue weighted by Crippen LogP contribution is -2.49. The third kappa shape index (κ3) is 4.32. The van der Waals surface area contributed by atoms with Crippen LogP contribution in [0.15, 0.2) is 70.3 Å². The third-order valence-electron chi connectivity index (χ3n) is 4.85. The Hall–Kier alpha value is -2.62. The highest BCUT2D eigenvalue weighted by molar-refractivity contribution is 8.29. The number of hydrazone groups is 1. The molecular weight excluding hydrogens is 482 g/mol. The van der Waals surface area contributed by atoms with Crippen molar-refractivity contribution in [3.8, 4) is 0 Å². The van der Waals surface area contributed by atoms with Crippen LogP contribution in [0.3, 0.4) is 0 Å². The largest absolute Gasteiger partial charge is 0.462 e. The lowest BCUT2D eigenvalue weighted by Gasteiger charge is -2.41. The van der Waals surface area contributed by atoms with Crippen LogP contribution >= 0.6 is 35.1 Å². The molecule has 0 radical (unpaired) electrons. The molecule has 0 saturated carbocycles. The van der Waals surface area contributed by atoms with Gasteiger partial charge < -0.3 is 14.4 Å². The average molecular weight is 504 g/mol. The van der Waals surface area contributed by atoms with Gasteiger partial charge in [0.05, 0.1) is 18.9 Å². The van der Waals surface area contributed by atoms with Gasteiger partial charge in [0.1, 0.15) is 4.91 Å². The molecule has 1 atom stereocenters. The molecule has 2 heterocycles. The number of carbonyl (C=O) groups excluding carboxylic acids is 2. The van der Waals surface area contributed by atoms with Crippen molar-refractivity contribution in [2.24, 2.45) is 5.10 Å². The Morgan fingerprint density at radius 1 is 0.970 bits per heavy atom. The van der Waals surface area contributed by atoms with E-state index >= 15 is 0 Å². The van der Waals surface area contributed by atoms with E-state index in [4.69, 9.17) is 21.1 Å². The zero-order valence-corrected chi connectivity index (χ0v) is 20.7. The van der Waals surface area contributed by atoms with Crippen molar-refractivity contribution in [3.05, 3.63) is 70.2 Å². The number of thioether (sulfide) groups is 2. The van der Waals surface area contributed by atoms with Crippen molar-refractivity contribution in [1.82, 2.24) is 0 Å². The highest BCUT2D eigenvalue weighted by atomic mass is 35.5. The molecule has 0 fully saturated rings. The normalized spacial score (nSPS) is 19.8. The van der Waals surface area contributed by atoms with Gasteiger partial charge in [-0.15, -0.1) is 0 Å². The molecule has 2 aromatic rings. The van der Waals surface area contributed by atoms with Crippen LogP contribution in [0.5, 0.6) is 0 Å². The number of anilines is 2. The van der Waals surface area contributed by atoms with Crippen molar-refractivity contribution in [3.63, 3.8) is 0 Å². The smallest absolute Gasteiger partial charge is 0.365 e. The Labute approximate surface area is 205 Å². The van der Waals surface area contributed by atoms with Crippen LogP contribution in [-0.2, 0) is 19.1 Å². The van der Waals surface area contributed by atoms with E-state index in [1.165, 1.54) is 23.5 Å². The van der Waals surface area contributed by atoms with Crippen LogP contribution in [0.1, 0.15) is 20.8 Å². The Balaban J connectivity index is 1.89. The molecule has 2 aliphatic rings. The monoisotopic (exact) mass is 503 g/mol. The molecule has 0 aromatic heterocycles. The van der Waals surface area contributed by atoms with Gasteiger partial charge in [0.2, 0.25) is 9.37 Å². The first-order chi connectivity index (χ1) is 15.9. The van der Waals surface area contributed by atoms with Gasteiger partial charge in [-0.3, -0.25) is 0 Å². The first-order valence-corrected chi connectivity index (χ1v) is 12.3. The third-order valence-corrected chi connectivity index (χ3v) is 7.93. The summed E-state index contributed by atoms with van der Waals surface area (Å²) in [6.45, 7) is 5.85. The van der Waals surface area contributed by atoms with Crippen molar-refractivity contribution >= 4 is 63.5 Å². The maximum atomic E-state index is 12.9. The summed E-state index contributed by atoms with van der Waals surface area (Å²) in [5.74, 6) is -0.948. The number of para-hydroxylation sites is 1. The summed E-state index contributed by atoms with van der Waals surface area (Å²) in [5.41, 5.74) is 2.20. The molecule has 0 saturated heterocycles. The molecule has 7 nitrogen and oxygen atoms in total. The maximum Gasteiger partial charge on any atom is 0.365 e. The highest BCUT2D eigenvalue weighted by Crippen LogP contribution is 2.60. The summed E-state index contributed by atoms with van der Waals surface area (Å²) in [6.07, 6.45) is 0. The topological polar surface area (TPSA) is 71.4 Å². The molecule has 2 aromatic carbocycles. The van der Waals surface area contributed by atoms with Crippen LogP contribution in [-0.4, -0.2) is 34.5 Å². The van der Waals surface area contributed by atoms with E-state index < -0.39 is 16.3 Å². The summed E-state index contributed by atoms with van der Waals surface area (Å²) >= 11 is 8.79. The Bertz CT molecular complexity index is 1140. The van der Waals surface area contributed by atoms with E-state index in [1.54, 1.807) is 31.0 Å². The predicted octanol–water partition coefficient (Wildman–Crippen LogP) is 5.43. The van der Waals surface area contributed by atoms with E-state index in [1.807, 2.05) is 54.3 Å². The van der Waals surface area contributed by atoms with E-state index in [0.29, 0.717) is 21.3 Å². The minimum Gasteiger partial charge on any atom is -0.462 e. The predicted molar refractivity (Wildman–Crippen MR) is 134 cm³/mol. The van der Waals surface area contributed by atoms with Gasteiger partial charge in [0, 0.05) is 16.4 Å². The van der Waals surface area contributed by atoms with Crippen LogP contribution in [0.2, 0.25) is 5.02 Å². The Kier molecular flexibility index (Phi) is 6.92. The van der Waals surface area contributed by atoms with E-state index in [-0.39, 0.29) is 18.3 Å². The first-order valence-electron chi connectivity index (χ1n) is 10.3. The molecule has 1 spiro atoms. The minimum absolute atomic E-state index is 0.183. The number of esters is 2. The number of rotatable bonds is 6. The van der Waals surface area contributed by atoms with Crippen molar-refractivity contribution in [2.45, 2.75) is 25.1 Å². The summed E-state index contributed by atoms with van der Waals surface area (Å²) in [6, 6.07) is 16.8. The van der Waals surface area contributed by atoms with Gasteiger partial charge in [0.15, 0.2) is 0 Å². The summed E-state index contributed by atoms with van der Waals surface area (Å²) in [5, 5.41) is 7.06. The van der Waals surface area contributed by atoms with Gasteiger partial charge in [-0.05, 0) is 62.9 Å². The quantitative estimate of drug-likeness (QED) is 0.483. The van der Waals surface area contributed by atoms with Crippen LogP contribution in [0, 0.1) is 0 Å². The maximum absolute atomic E-state index is 12.9. The lowest BCUT2D eigenvalue weighted by atomic mass is 10.2. The van der Waals surface area contributed by atoms with E-state index in [2.05, 4.69) is 5.10 Å². The second-order valence-corrected chi connectivity index (χ2v) is 10.0. The van der Waals surface area contributed by atoms with E-state index in [0.717, 1.165) is 5.69 Å². The number of nitrogens with zero attached hydrogens (tertiary/aromatic N) is 3. The minimum atomic E-state index is -1.04. The molecule has 0 N–H and O–H groups in total. The fraction of sp³-hybridized carbons (Fsp3) is 0.261. The fourth-order valence-corrected chi connectivity index (χ4v) is 6.67. The Morgan fingerprint density at radius 2 is 1.64 bits per heavy atom. The Morgan fingerprint density at radius 3 is 2.30 bits per heavy atom. The van der Waals surface area contributed by atoms with E-state index in [9.17, 15) is 9.59 Å². The summed E-state index contributed by atoms with van der Waals surface area (Å²) in [7, 11) is 0. The molecule has 33 heavy (non-hydrogen) atoms. The molecule has 4 rings (SSSR count). The summed E-state index contributed by atoms with van der Waals surface area (Å²) in [4.78, 5) is 28.0. The number of ether oxygens (including phenoxy) is 2. The van der Waals surface area contributed by atoms with Gasteiger partial charge in [-0.25, -0.2) is 14.6 Å². The van der Waals surface area contributed by atoms with Crippen LogP contribution in [0.25, 0.3) is 0 Å². The second-order valence-electron chi connectivity index (χ2n) is 6.98. The number of halogens is 1. The molecule has 10 heteroatoms. The zero-order chi connectivity index (χ0) is 23.6. The van der Waals surface area contributed by atoms with Crippen LogP contribution in [0.4, 0.5) is 11.4 Å². The second kappa shape index (κ2) is 9.70. The van der Waals surface area contributed by atoms with Gasteiger partial charge in [-0.1, -0.05) is 47.6 Å². The number of hydrogen-bond donors (Lipinski definition) is 0. The van der Waals surface area contributed by atoms with Crippen molar-refractivity contribution < 1.29 is 19.1 Å². The van der Waals surface area contributed by atoms with Crippen molar-refractivity contribution in [1.29, 1.82) is 0 Å². The molecule has 2 aliphatic heterocycles. The molecule has 0 amide bonds. The summed E-state index contributed by atoms with van der Waals surface area (Å²) < 4.78 is 9.53. The zero-order valence-electron chi connectivity index (χ0n) is 18.3. The lowest BCUT2D eigenvalue weighted by molar-refractivity contribution is -0.137. The molecule has 0 bridgehead atoms. The number of carbonyl (C=O) groups is 2. The average Bonchev–Trinajstić information content (AvgIpc) is 3.32. The number of benzene rings is 2. The van der Waals surface area contributed by atoms with Gasteiger partial charge in [0.25, 0.3) is 0 Å². The van der Waals surface area contributed by atoms with Crippen molar-refractivity contribution in [2.75, 3.05) is 23.1 Å². The standard InChI is InChI=1S/C23H22ClN3O4S2/c1-4-30-21(28)19-15(3)26(17-11-7-6-8-12-17)23(32-19)27(18-13-9-10-16(24)14-18)25-20(33-23)22(29)31-5-2/h6-14H,4-5H2,1-3H3. The highest BCUT2D eigenvalue weighted by Gasteiger charge is 2.58. The molecular formula is C23H22ClN3O4S2. The number of hydrogen-bond acceptors (Lipinski definition) is 9. The SMILES string of the molecule is CCOC(=O)C1=NN(c2cccc(Cl)c2)C2(S1)SC(C(=O)OCC)=C(C)N2c1ccccc1. The molecule has 1 unspecified atom stereocenters. The molecule has 172 valence electrons. The number of allylic oxidation sites excluding steroid dienone is 1.